The van der Waals surface area contributed by atoms with Gasteiger partial charge in [0, 0.05) is 0 Å². The fourth-order valence-corrected chi connectivity index (χ4v) is 1.46. The van der Waals surface area contributed by atoms with E-state index in [4.69, 9.17) is 14.9 Å². The summed E-state index contributed by atoms with van der Waals surface area (Å²) in [5.74, 6) is -4.57. The van der Waals surface area contributed by atoms with Crippen molar-refractivity contribution < 1.29 is 29.3 Å². The van der Waals surface area contributed by atoms with E-state index in [0.717, 1.165) is 5.56 Å². The van der Waals surface area contributed by atoms with Crippen LogP contribution in [0.1, 0.15) is 18.4 Å². The average molecular weight is 266 g/mol. The number of rotatable bonds is 7. The average Bonchev–Trinajstić information content (AvgIpc) is 2.36. The van der Waals surface area contributed by atoms with Crippen LogP contribution in [0.3, 0.4) is 0 Å². The Balaban J connectivity index is 2.45. The molecule has 1 aromatic rings. The van der Waals surface area contributed by atoms with Gasteiger partial charge in [-0.1, -0.05) is 30.3 Å². The van der Waals surface area contributed by atoms with Gasteiger partial charge in [-0.15, -0.1) is 0 Å². The lowest BCUT2D eigenvalue weighted by molar-refractivity contribution is -0.155. The number of aliphatic carboxylic acids is 2. The zero-order valence-electron chi connectivity index (χ0n) is 10.1. The van der Waals surface area contributed by atoms with Crippen molar-refractivity contribution in [2.45, 2.75) is 19.4 Å². The molecule has 0 aliphatic rings. The Labute approximate surface area is 109 Å². The van der Waals surface area contributed by atoms with E-state index < -0.39 is 36.7 Å². The summed E-state index contributed by atoms with van der Waals surface area (Å²) in [6.07, 6.45) is -1.05. The first kappa shape index (κ1) is 14.7. The number of carbonyl (C=O) groups excluding carboxylic acids is 1. The zero-order valence-corrected chi connectivity index (χ0v) is 10.1. The zero-order chi connectivity index (χ0) is 14.3. The van der Waals surface area contributed by atoms with Crippen LogP contribution in [-0.4, -0.2) is 28.1 Å². The van der Waals surface area contributed by atoms with Gasteiger partial charge >= 0.3 is 17.9 Å². The molecule has 1 rings (SSSR count). The maximum atomic E-state index is 11.4. The van der Waals surface area contributed by atoms with E-state index in [1.807, 2.05) is 6.07 Å². The highest BCUT2D eigenvalue weighted by Crippen LogP contribution is 2.11. The molecule has 0 aliphatic heterocycles. The third-order valence-electron chi connectivity index (χ3n) is 2.43. The largest absolute Gasteiger partial charge is 0.481 e. The molecule has 0 saturated carbocycles. The van der Waals surface area contributed by atoms with Crippen LogP contribution >= 0.6 is 0 Å². The molecule has 0 saturated heterocycles. The maximum Gasteiger partial charge on any atom is 0.307 e. The molecule has 0 radical (unpaired) electrons. The van der Waals surface area contributed by atoms with Gasteiger partial charge in [-0.3, -0.25) is 14.4 Å². The minimum atomic E-state index is -1.32. The highest BCUT2D eigenvalue weighted by molar-refractivity contribution is 5.82. The lowest BCUT2D eigenvalue weighted by atomic mass is 10.0. The molecule has 0 aromatic heterocycles. The monoisotopic (exact) mass is 266 g/mol. The topological polar surface area (TPSA) is 101 Å². The number of carboxylic acids is 2. The molecular formula is C13H14O6. The van der Waals surface area contributed by atoms with E-state index >= 15 is 0 Å². The van der Waals surface area contributed by atoms with E-state index in [-0.39, 0.29) is 6.61 Å². The van der Waals surface area contributed by atoms with Gasteiger partial charge in [0.2, 0.25) is 0 Å². The van der Waals surface area contributed by atoms with Crippen molar-refractivity contribution in [1.29, 1.82) is 0 Å². The molecule has 0 fully saturated rings. The molecule has 1 atom stereocenters. The molecule has 19 heavy (non-hydrogen) atoms. The summed E-state index contributed by atoms with van der Waals surface area (Å²) in [7, 11) is 0. The van der Waals surface area contributed by atoms with Crippen LogP contribution in [0.5, 0.6) is 0 Å². The summed E-state index contributed by atoms with van der Waals surface area (Å²) in [6, 6.07) is 8.92. The van der Waals surface area contributed by atoms with Crippen LogP contribution in [0.4, 0.5) is 0 Å². The molecule has 0 spiro atoms. The van der Waals surface area contributed by atoms with Gasteiger partial charge in [-0.25, -0.2) is 0 Å². The Morgan fingerprint density at radius 2 is 1.68 bits per heavy atom. The summed E-state index contributed by atoms with van der Waals surface area (Å²) in [5.41, 5.74) is 0.779. The van der Waals surface area contributed by atoms with E-state index in [2.05, 4.69) is 0 Å². The lowest BCUT2D eigenvalue weighted by Crippen LogP contribution is -2.22. The van der Waals surface area contributed by atoms with Crippen LogP contribution in [0, 0.1) is 5.92 Å². The molecule has 0 unspecified atom stereocenters. The predicted molar refractivity (Wildman–Crippen MR) is 64.2 cm³/mol. The molecule has 0 amide bonds. The Kier molecular flexibility index (Phi) is 5.53. The highest BCUT2D eigenvalue weighted by atomic mass is 16.5. The van der Waals surface area contributed by atoms with Crippen LogP contribution in [0.15, 0.2) is 30.3 Å². The van der Waals surface area contributed by atoms with Gasteiger partial charge in [0.15, 0.2) is 0 Å². The van der Waals surface area contributed by atoms with Crippen LogP contribution < -0.4 is 0 Å². The van der Waals surface area contributed by atoms with Crippen LogP contribution in [0.2, 0.25) is 0 Å². The molecule has 6 nitrogen and oxygen atoms in total. The molecule has 2 N–H and O–H groups in total. The van der Waals surface area contributed by atoms with Crippen molar-refractivity contribution in [1.82, 2.24) is 0 Å². The minimum Gasteiger partial charge on any atom is -0.481 e. The Bertz CT molecular complexity index is 453. The van der Waals surface area contributed by atoms with Gasteiger partial charge in [0.05, 0.1) is 18.8 Å². The third kappa shape index (κ3) is 5.67. The number of carbonyl (C=O) groups is 3. The van der Waals surface area contributed by atoms with E-state index in [1.54, 1.807) is 24.3 Å². The molecular weight excluding hydrogens is 252 g/mol. The summed E-state index contributed by atoms with van der Waals surface area (Å²) in [4.78, 5) is 32.7. The number of carboxylic acid groups (broad SMARTS) is 2. The number of benzene rings is 1. The first-order valence-electron chi connectivity index (χ1n) is 5.63. The number of esters is 1. The standard InChI is InChI=1S/C13H14O6/c14-11(15)6-10(13(17)18)7-12(16)19-8-9-4-2-1-3-5-9/h1-5,10H,6-8H2,(H,14,15)(H,17,18)/t10-/m0/s1. The molecule has 102 valence electrons. The molecule has 1 aromatic carbocycles. The maximum absolute atomic E-state index is 11.4. The number of hydrogen-bond donors (Lipinski definition) is 2. The fraction of sp³-hybridized carbons (Fsp3) is 0.308. The number of ether oxygens (including phenoxy) is 1. The second-order valence-electron chi connectivity index (χ2n) is 3.98. The third-order valence-corrected chi connectivity index (χ3v) is 2.43. The van der Waals surface area contributed by atoms with Gasteiger partial charge in [-0.2, -0.15) is 0 Å². The second kappa shape index (κ2) is 7.15. The van der Waals surface area contributed by atoms with Gasteiger partial charge in [-0.05, 0) is 5.56 Å². The SMILES string of the molecule is O=C(O)C[C@@H](CC(=O)OCc1ccccc1)C(=O)O. The van der Waals surface area contributed by atoms with Gasteiger partial charge < -0.3 is 14.9 Å². The van der Waals surface area contributed by atoms with Crippen molar-refractivity contribution in [2.75, 3.05) is 0 Å². The van der Waals surface area contributed by atoms with Crippen LogP contribution in [-0.2, 0) is 25.7 Å². The fourth-order valence-electron chi connectivity index (χ4n) is 1.46. The summed E-state index contributed by atoms with van der Waals surface area (Å²) in [5, 5.41) is 17.3. The minimum absolute atomic E-state index is 0.0408. The Morgan fingerprint density at radius 3 is 2.21 bits per heavy atom. The quantitative estimate of drug-likeness (QED) is 0.721. The smallest absolute Gasteiger partial charge is 0.307 e. The first-order chi connectivity index (χ1) is 8.99. The normalized spacial score (nSPS) is 11.6. The summed E-state index contributed by atoms with van der Waals surface area (Å²) < 4.78 is 4.90. The Hall–Kier alpha value is -2.37. The van der Waals surface area contributed by atoms with Crippen molar-refractivity contribution in [2.24, 2.45) is 5.92 Å². The first-order valence-corrected chi connectivity index (χ1v) is 5.63. The number of hydrogen-bond acceptors (Lipinski definition) is 4. The second-order valence-corrected chi connectivity index (χ2v) is 3.98. The highest BCUT2D eigenvalue weighted by Gasteiger charge is 2.24. The van der Waals surface area contributed by atoms with Crippen molar-refractivity contribution in [3.63, 3.8) is 0 Å². The summed E-state index contributed by atoms with van der Waals surface area (Å²) in [6.45, 7) is 0.0408. The molecule has 0 aliphatic carbocycles. The predicted octanol–water partition coefficient (Wildman–Crippen LogP) is 1.30. The van der Waals surface area contributed by atoms with Gasteiger partial charge in [0.25, 0.3) is 0 Å². The molecule has 0 bridgehead atoms. The Morgan fingerprint density at radius 1 is 1.05 bits per heavy atom. The summed E-state index contributed by atoms with van der Waals surface area (Å²) >= 11 is 0. The van der Waals surface area contributed by atoms with E-state index in [0.29, 0.717) is 0 Å². The molecule has 0 heterocycles. The van der Waals surface area contributed by atoms with Gasteiger partial charge in [0.1, 0.15) is 6.61 Å². The van der Waals surface area contributed by atoms with Crippen LogP contribution in [0.25, 0.3) is 0 Å². The molecule has 6 heteroatoms. The van der Waals surface area contributed by atoms with Crippen molar-refractivity contribution >= 4 is 17.9 Å². The van der Waals surface area contributed by atoms with E-state index in [1.165, 1.54) is 0 Å². The lowest BCUT2D eigenvalue weighted by Gasteiger charge is -2.09. The van der Waals surface area contributed by atoms with Crippen molar-refractivity contribution in [3.05, 3.63) is 35.9 Å². The van der Waals surface area contributed by atoms with E-state index in [9.17, 15) is 14.4 Å². The van der Waals surface area contributed by atoms with Crippen molar-refractivity contribution in [3.8, 4) is 0 Å².